The number of hydrogen-bond acceptors (Lipinski definition) is 4. The minimum Gasteiger partial charge on any atom is -0.493 e. The molecule has 1 saturated heterocycles. The van der Waals surface area contributed by atoms with Crippen LogP contribution in [0.1, 0.15) is 61.7 Å². The van der Waals surface area contributed by atoms with Gasteiger partial charge >= 0.3 is 0 Å². The number of methoxy groups -OCH3 is 2. The monoisotopic (exact) mass is 330 g/mol. The number of nitrogens with zero attached hydrogens (tertiary/aromatic N) is 1. The van der Waals surface area contributed by atoms with E-state index < -0.39 is 80.2 Å². The van der Waals surface area contributed by atoms with Crippen LogP contribution in [0.2, 0.25) is 0 Å². The zero-order valence-corrected chi connectivity index (χ0v) is 12.9. The summed E-state index contributed by atoms with van der Waals surface area (Å²) in [5, 5.41) is 0. The SMILES string of the molecule is [2H]C([2H])([2H])Oc1cc2c(cc1OC([2H])([2H])[2H])C([2H])([2H])C([2H])([2H])N1C2([2H])CC(=O)C(CC(C)C)C1([2H])[2H]. The molecule has 23 heavy (non-hydrogen) atoms. The van der Waals surface area contributed by atoms with Crippen molar-refractivity contribution in [1.29, 1.82) is 0 Å². The maximum Gasteiger partial charge on any atom is 0.161 e. The molecule has 0 aromatic heterocycles. The minimum atomic E-state index is -3.19. The van der Waals surface area contributed by atoms with Crippen molar-refractivity contribution in [2.75, 3.05) is 27.1 Å². The first-order valence-corrected chi connectivity index (χ1v) is 7.35. The number of Topliss-reactive ketones (excluding diaryl/α,β-unsaturated/α-hetero) is 1. The lowest BCUT2D eigenvalue weighted by Gasteiger charge is -2.43. The van der Waals surface area contributed by atoms with E-state index in [1.807, 2.05) is 0 Å². The first-order valence-electron chi connectivity index (χ1n) is 13.9. The molecular weight excluding hydrogens is 290 g/mol. The molecule has 4 nitrogen and oxygen atoms in total. The number of rotatable bonds is 4. The summed E-state index contributed by atoms with van der Waals surface area (Å²) >= 11 is 0. The van der Waals surface area contributed by atoms with Gasteiger partial charge in [-0.3, -0.25) is 9.69 Å². The third-order valence-electron chi connectivity index (χ3n) is 3.91. The van der Waals surface area contributed by atoms with Crippen molar-refractivity contribution in [1.82, 2.24) is 4.90 Å². The molecule has 1 fully saturated rings. The molecule has 1 aromatic carbocycles. The molecule has 2 aliphatic rings. The summed E-state index contributed by atoms with van der Waals surface area (Å²) in [6.07, 6.45) is -3.74. The highest BCUT2D eigenvalue weighted by atomic mass is 16.5. The molecular formula is C19H27NO3. The fraction of sp³-hybridized carbons (Fsp3) is 0.632. The fourth-order valence-corrected chi connectivity index (χ4v) is 2.82. The van der Waals surface area contributed by atoms with E-state index in [1.54, 1.807) is 13.8 Å². The third kappa shape index (κ3) is 3.09. The van der Waals surface area contributed by atoms with Crippen LogP contribution in [0, 0.1) is 11.8 Å². The molecule has 1 aromatic rings. The number of carbonyl (C=O) groups is 1. The van der Waals surface area contributed by atoms with E-state index in [4.69, 9.17) is 27.3 Å². The predicted molar refractivity (Wildman–Crippen MR) is 90.1 cm³/mol. The van der Waals surface area contributed by atoms with E-state index in [0.717, 1.165) is 12.1 Å². The normalized spacial score (nSPS) is 43.5. The zero-order valence-electron chi connectivity index (χ0n) is 25.9. The highest BCUT2D eigenvalue weighted by molar-refractivity contribution is 5.83. The Labute approximate surface area is 157 Å². The highest BCUT2D eigenvalue weighted by Gasteiger charge is 2.38. The van der Waals surface area contributed by atoms with E-state index in [1.165, 1.54) is 0 Å². The first kappa shape index (κ1) is 6.75. The van der Waals surface area contributed by atoms with Gasteiger partial charge in [-0.2, -0.15) is 0 Å². The fourth-order valence-electron chi connectivity index (χ4n) is 2.82. The van der Waals surface area contributed by atoms with Crippen LogP contribution in [-0.2, 0) is 11.2 Å². The van der Waals surface area contributed by atoms with Gasteiger partial charge in [0, 0.05) is 39.6 Å². The van der Waals surface area contributed by atoms with Crippen molar-refractivity contribution in [2.24, 2.45) is 11.8 Å². The van der Waals surface area contributed by atoms with Crippen LogP contribution in [0.15, 0.2) is 12.1 Å². The summed E-state index contributed by atoms with van der Waals surface area (Å²) in [7, 11) is -6.23. The van der Waals surface area contributed by atoms with Crippen LogP contribution in [0.3, 0.4) is 0 Å². The van der Waals surface area contributed by atoms with E-state index in [2.05, 4.69) is 0 Å². The average molecular weight is 331 g/mol. The van der Waals surface area contributed by atoms with Crippen molar-refractivity contribution in [3.63, 3.8) is 0 Å². The second kappa shape index (κ2) is 6.52. The summed E-state index contributed by atoms with van der Waals surface area (Å²) in [5.74, 6) is -3.62. The Morgan fingerprint density at radius 3 is 2.83 bits per heavy atom. The molecule has 0 saturated carbocycles. The lowest BCUT2D eigenvalue weighted by Crippen LogP contribution is -2.46. The van der Waals surface area contributed by atoms with Crippen molar-refractivity contribution < 1.29 is 32.1 Å². The molecule has 3 rings (SSSR count). The van der Waals surface area contributed by atoms with Crippen molar-refractivity contribution in [3.8, 4) is 11.5 Å². The number of piperidine rings is 1. The van der Waals surface area contributed by atoms with Crippen LogP contribution in [0.5, 0.6) is 11.5 Å². The Hall–Kier alpha value is -1.55. The van der Waals surface area contributed by atoms with Crippen LogP contribution in [0.4, 0.5) is 0 Å². The van der Waals surface area contributed by atoms with Gasteiger partial charge in [0.1, 0.15) is 5.78 Å². The van der Waals surface area contributed by atoms with E-state index in [0.29, 0.717) is 4.90 Å². The molecule has 4 heteroatoms. The number of ether oxygens (including phenoxy) is 2. The van der Waals surface area contributed by atoms with Gasteiger partial charge in [-0.1, -0.05) is 13.8 Å². The van der Waals surface area contributed by atoms with Gasteiger partial charge < -0.3 is 9.47 Å². The largest absolute Gasteiger partial charge is 0.493 e. The van der Waals surface area contributed by atoms with Gasteiger partial charge in [0.15, 0.2) is 11.5 Å². The Balaban J connectivity index is 2.36. The second-order valence-corrected chi connectivity index (χ2v) is 6.02. The number of fused-ring (bicyclic) bond motifs is 3. The summed E-state index contributed by atoms with van der Waals surface area (Å²) in [5.41, 5.74) is -1.01. The Morgan fingerprint density at radius 2 is 2.13 bits per heavy atom. The molecule has 0 N–H and O–H groups in total. The van der Waals surface area contributed by atoms with Crippen LogP contribution >= 0.6 is 0 Å². The Kier molecular flexibility index (Phi) is 1.91. The lowest BCUT2D eigenvalue weighted by molar-refractivity contribution is -0.129. The Morgan fingerprint density at radius 1 is 1.39 bits per heavy atom. The highest BCUT2D eigenvalue weighted by Crippen LogP contribution is 2.42. The number of aryl methyl sites for hydroxylation is 1. The van der Waals surface area contributed by atoms with E-state index in [-0.39, 0.29) is 12.3 Å². The summed E-state index contributed by atoms with van der Waals surface area (Å²) in [6, 6.07) is -0.944. The molecule has 2 atom stereocenters. The quantitative estimate of drug-likeness (QED) is 0.849. The molecule has 0 bridgehead atoms. The molecule has 0 aliphatic carbocycles. The predicted octanol–water partition coefficient (Wildman–Crippen LogP) is 3.24. The average Bonchev–Trinajstić information content (AvgIpc) is 2.61. The van der Waals surface area contributed by atoms with Crippen LogP contribution in [-0.4, -0.2) is 37.8 Å². The van der Waals surface area contributed by atoms with Gasteiger partial charge in [0.2, 0.25) is 0 Å². The van der Waals surface area contributed by atoms with Crippen LogP contribution in [0.25, 0.3) is 0 Å². The second-order valence-electron chi connectivity index (χ2n) is 6.02. The van der Waals surface area contributed by atoms with Gasteiger partial charge in [0.05, 0.1) is 23.7 Å². The maximum absolute atomic E-state index is 13.1. The molecule has 2 unspecified atom stereocenters. The Bertz CT molecular complexity index is 1050. The number of benzene rings is 1. The smallest absolute Gasteiger partial charge is 0.161 e. The zero-order chi connectivity index (χ0) is 27.9. The van der Waals surface area contributed by atoms with Gasteiger partial charge in [-0.25, -0.2) is 0 Å². The number of carbonyl (C=O) groups excluding carboxylic acids is 1. The van der Waals surface area contributed by atoms with E-state index in [9.17, 15) is 4.79 Å². The molecule has 0 amide bonds. The minimum absolute atomic E-state index is 0.0309. The first-order chi connectivity index (χ1) is 15.9. The summed E-state index contributed by atoms with van der Waals surface area (Å²) in [6.45, 7) is -2.49. The number of ketones is 1. The molecule has 2 heterocycles. The van der Waals surface area contributed by atoms with Crippen LogP contribution < -0.4 is 9.47 Å². The van der Waals surface area contributed by atoms with E-state index >= 15 is 0 Å². The topological polar surface area (TPSA) is 38.8 Å². The maximum atomic E-state index is 13.1. The van der Waals surface area contributed by atoms with Gasteiger partial charge in [0.25, 0.3) is 0 Å². The van der Waals surface area contributed by atoms with Crippen molar-refractivity contribution >= 4 is 5.78 Å². The standard InChI is InChI=1S/C19H27NO3/c1-12(2)7-14-11-20-6-5-13-8-18(22-3)19(23-4)9-15(13)16(20)10-17(14)21/h8-9,12,14,16H,5-7,10-11H2,1-4H3/i3D3,4D3,5D2,6D2,11D2,16D. The molecule has 0 radical (unpaired) electrons. The number of hydrogen-bond donors (Lipinski definition) is 0. The summed E-state index contributed by atoms with van der Waals surface area (Å²) < 4.78 is 115. The van der Waals surface area contributed by atoms with Gasteiger partial charge in [-0.15, -0.1) is 0 Å². The molecule has 2 aliphatic heterocycles. The molecule has 126 valence electrons. The van der Waals surface area contributed by atoms with Gasteiger partial charge in [-0.05, 0) is 42.0 Å². The molecule has 0 spiro atoms. The van der Waals surface area contributed by atoms with Crippen molar-refractivity contribution in [2.45, 2.75) is 39.1 Å². The summed E-state index contributed by atoms with van der Waals surface area (Å²) in [4.78, 5) is 13.5. The lowest BCUT2D eigenvalue weighted by atomic mass is 9.80. The van der Waals surface area contributed by atoms with Crippen molar-refractivity contribution in [3.05, 3.63) is 23.3 Å². The third-order valence-corrected chi connectivity index (χ3v) is 3.91.